The Morgan fingerprint density at radius 1 is 0.460 bits per heavy atom. The maximum Gasteiger partial charge on any atom is 0.179 e. The van der Waals surface area contributed by atoms with Gasteiger partial charge in [-0.05, 0) is 91.7 Å². The number of aromatic nitrogens is 6. The number of hydrogen-bond acceptors (Lipinski definition) is 7. The van der Waals surface area contributed by atoms with Crippen molar-refractivity contribution < 1.29 is 8.83 Å². The lowest BCUT2D eigenvalue weighted by Gasteiger charge is -2.10. The minimum Gasteiger partial charge on any atom is -0.455 e. The van der Waals surface area contributed by atoms with Crippen molar-refractivity contribution in [2.75, 3.05) is 0 Å². The summed E-state index contributed by atoms with van der Waals surface area (Å²) in [7, 11) is 0. The highest BCUT2D eigenvalue weighted by Crippen LogP contribution is 2.40. The van der Waals surface area contributed by atoms with E-state index in [-0.39, 0.29) is 0 Å². The molecule has 0 bridgehead atoms. The van der Waals surface area contributed by atoms with E-state index in [1.54, 1.807) is 0 Å². The fraction of sp³-hybridized carbons (Fsp3) is 0.0364. The maximum absolute atomic E-state index is 6.67. The van der Waals surface area contributed by atoms with Crippen LogP contribution in [-0.4, -0.2) is 29.5 Å². The van der Waals surface area contributed by atoms with E-state index < -0.39 is 0 Å². The van der Waals surface area contributed by atoms with E-state index in [4.69, 9.17) is 33.8 Å². The van der Waals surface area contributed by atoms with Crippen molar-refractivity contribution in [3.8, 4) is 51.2 Å². The lowest BCUT2D eigenvalue weighted by molar-refractivity contribution is 0.663. The predicted octanol–water partition coefficient (Wildman–Crippen LogP) is 14.2. The van der Waals surface area contributed by atoms with Gasteiger partial charge in [-0.15, -0.1) is 6.58 Å². The predicted molar refractivity (Wildman–Crippen MR) is 255 cm³/mol. The van der Waals surface area contributed by atoms with Gasteiger partial charge in [0.15, 0.2) is 28.9 Å². The zero-order valence-corrected chi connectivity index (χ0v) is 33.9. The molecule has 0 spiro atoms. The van der Waals surface area contributed by atoms with Gasteiger partial charge in [0.25, 0.3) is 0 Å². The molecule has 0 radical (unpaired) electrons. The van der Waals surface area contributed by atoms with Gasteiger partial charge in [0.1, 0.15) is 28.0 Å². The van der Waals surface area contributed by atoms with Crippen LogP contribution < -0.4 is 0 Å². The SMILES string of the molecule is C=CCC/C=C/c1nc(-c2cccc3c2oc2ccc(-c4nc(-c5ccccc5)nc(-c5ccc6c(c5)c5ccccc5n6-c5ccccc5)n4)cc23)nc2c1oc1ccccc12. The van der Waals surface area contributed by atoms with Crippen molar-refractivity contribution in [3.63, 3.8) is 0 Å². The third kappa shape index (κ3) is 6.18. The van der Waals surface area contributed by atoms with Gasteiger partial charge in [-0.1, -0.05) is 103 Å². The standard InChI is InChI=1S/C55H36N6O2/c1-2-3-4-11-25-44-51-49(40-22-13-15-27-47(40)63-51)57-55(56-44)41-24-16-23-39-43-33-36(29-31-48(43)62-50(39)41)54-59-52(34-17-7-5-8-18-34)58-53(60-54)35-28-30-46-42(32-35)38-21-12-14-26-45(38)61(46)37-19-9-6-10-20-37/h2,5-33H,1,3-4H2/b25-11+. The minimum atomic E-state index is 0.556. The highest BCUT2D eigenvalue weighted by Gasteiger charge is 2.21. The van der Waals surface area contributed by atoms with E-state index in [9.17, 15) is 0 Å². The zero-order chi connectivity index (χ0) is 41.9. The summed E-state index contributed by atoms with van der Waals surface area (Å²) < 4.78 is 15.3. The first-order valence-corrected chi connectivity index (χ1v) is 21.0. The third-order valence-corrected chi connectivity index (χ3v) is 11.7. The Kier molecular flexibility index (Phi) is 8.60. The van der Waals surface area contributed by atoms with Gasteiger partial charge in [0.05, 0.1) is 16.6 Å². The molecular formula is C55H36N6O2. The third-order valence-electron chi connectivity index (χ3n) is 11.7. The number of para-hydroxylation sites is 4. The van der Waals surface area contributed by atoms with Crippen LogP contribution >= 0.6 is 0 Å². The Balaban J connectivity index is 1.00. The maximum atomic E-state index is 6.67. The topological polar surface area (TPSA) is 95.7 Å². The molecule has 0 atom stereocenters. The smallest absolute Gasteiger partial charge is 0.179 e. The van der Waals surface area contributed by atoms with Gasteiger partial charge in [-0.3, -0.25) is 0 Å². The molecular weight excluding hydrogens is 777 g/mol. The van der Waals surface area contributed by atoms with Crippen molar-refractivity contribution in [1.82, 2.24) is 29.5 Å². The molecule has 0 fully saturated rings. The van der Waals surface area contributed by atoms with E-state index >= 15 is 0 Å². The number of nitrogens with zero attached hydrogens (tertiary/aromatic N) is 6. The van der Waals surface area contributed by atoms with Crippen LogP contribution in [0.25, 0.3) is 123 Å². The molecule has 63 heavy (non-hydrogen) atoms. The highest BCUT2D eigenvalue weighted by molar-refractivity contribution is 6.12. The molecule has 0 aliphatic carbocycles. The van der Waals surface area contributed by atoms with E-state index in [0.29, 0.717) is 40.2 Å². The summed E-state index contributed by atoms with van der Waals surface area (Å²) in [4.78, 5) is 25.5. The minimum absolute atomic E-state index is 0.556. The van der Waals surface area contributed by atoms with Crippen LogP contribution in [0, 0.1) is 0 Å². The summed E-state index contributed by atoms with van der Waals surface area (Å²) in [6, 6.07) is 55.7. The Morgan fingerprint density at radius 3 is 1.90 bits per heavy atom. The quantitative estimate of drug-likeness (QED) is 0.106. The monoisotopic (exact) mass is 812 g/mol. The Bertz CT molecular complexity index is 3770. The molecule has 0 aliphatic heterocycles. The summed E-state index contributed by atoms with van der Waals surface area (Å²) in [5.74, 6) is 2.30. The van der Waals surface area contributed by atoms with Crippen molar-refractivity contribution in [2.24, 2.45) is 0 Å². The Hall–Kier alpha value is -8.49. The normalized spacial score (nSPS) is 11.9. The van der Waals surface area contributed by atoms with Gasteiger partial charge in [0.2, 0.25) is 0 Å². The summed E-state index contributed by atoms with van der Waals surface area (Å²) in [5.41, 5.74) is 11.1. The first-order chi connectivity index (χ1) is 31.2. The second-order valence-corrected chi connectivity index (χ2v) is 15.6. The van der Waals surface area contributed by atoms with Gasteiger partial charge >= 0.3 is 0 Å². The number of fused-ring (bicyclic) bond motifs is 9. The zero-order valence-electron chi connectivity index (χ0n) is 33.9. The van der Waals surface area contributed by atoms with E-state index in [1.807, 2.05) is 97.1 Å². The molecule has 0 saturated heterocycles. The van der Waals surface area contributed by atoms with Crippen LogP contribution in [0.2, 0.25) is 0 Å². The van der Waals surface area contributed by atoms with E-state index in [2.05, 4.69) is 96.1 Å². The molecule has 0 N–H and O–H groups in total. The van der Waals surface area contributed by atoms with Crippen LogP contribution in [0.3, 0.4) is 0 Å². The molecule has 0 saturated carbocycles. The van der Waals surface area contributed by atoms with E-state index in [0.717, 1.165) is 95.4 Å². The summed E-state index contributed by atoms with van der Waals surface area (Å²) >= 11 is 0. The molecule has 12 rings (SSSR count). The number of benzene rings is 7. The molecule has 298 valence electrons. The molecule has 0 unspecified atom stereocenters. The second-order valence-electron chi connectivity index (χ2n) is 15.6. The summed E-state index contributed by atoms with van der Waals surface area (Å²) in [5, 5.41) is 5.08. The molecule has 12 aromatic rings. The van der Waals surface area contributed by atoms with Crippen molar-refractivity contribution in [1.29, 1.82) is 0 Å². The summed E-state index contributed by atoms with van der Waals surface area (Å²) in [6.45, 7) is 3.87. The number of furan rings is 2. The number of allylic oxidation sites excluding steroid dienone is 2. The number of hydrogen-bond donors (Lipinski definition) is 0. The number of unbranched alkanes of at least 4 members (excludes halogenated alkanes) is 1. The van der Waals surface area contributed by atoms with Gasteiger partial charge in [-0.2, -0.15) is 0 Å². The lowest BCUT2D eigenvalue weighted by Crippen LogP contribution is -2.00. The first kappa shape index (κ1) is 36.4. The largest absolute Gasteiger partial charge is 0.455 e. The fourth-order valence-electron chi connectivity index (χ4n) is 8.69. The van der Waals surface area contributed by atoms with Gasteiger partial charge in [0, 0.05) is 49.3 Å². The van der Waals surface area contributed by atoms with Crippen LogP contribution in [0.15, 0.2) is 191 Å². The molecule has 8 heteroatoms. The van der Waals surface area contributed by atoms with Gasteiger partial charge in [-0.25, -0.2) is 24.9 Å². The Morgan fingerprint density at radius 2 is 1.10 bits per heavy atom. The van der Waals surface area contributed by atoms with Crippen LogP contribution in [0.1, 0.15) is 18.5 Å². The van der Waals surface area contributed by atoms with Crippen LogP contribution in [0.4, 0.5) is 0 Å². The molecule has 5 heterocycles. The molecule has 8 nitrogen and oxygen atoms in total. The molecule has 0 amide bonds. The average Bonchev–Trinajstić information content (AvgIpc) is 4.02. The van der Waals surface area contributed by atoms with Crippen molar-refractivity contribution in [3.05, 3.63) is 188 Å². The molecule has 0 aliphatic rings. The van der Waals surface area contributed by atoms with Gasteiger partial charge < -0.3 is 13.4 Å². The molecule has 5 aromatic heterocycles. The molecule has 7 aromatic carbocycles. The van der Waals surface area contributed by atoms with Crippen LogP contribution in [-0.2, 0) is 0 Å². The second kappa shape index (κ2) is 14.9. The number of rotatable bonds is 9. The van der Waals surface area contributed by atoms with Crippen molar-refractivity contribution >= 4 is 71.9 Å². The first-order valence-electron chi connectivity index (χ1n) is 21.0. The van der Waals surface area contributed by atoms with Crippen LogP contribution in [0.5, 0.6) is 0 Å². The highest BCUT2D eigenvalue weighted by atomic mass is 16.3. The van der Waals surface area contributed by atoms with Crippen molar-refractivity contribution in [2.45, 2.75) is 12.8 Å². The fourth-order valence-corrected chi connectivity index (χ4v) is 8.69. The lowest BCUT2D eigenvalue weighted by atomic mass is 10.1. The average molecular weight is 813 g/mol. The Labute approximate surface area is 361 Å². The van der Waals surface area contributed by atoms with E-state index in [1.165, 1.54) is 0 Å². The summed E-state index contributed by atoms with van der Waals surface area (Å²) in [6.07, 6.45) is 7.74.